The van der Waals surface area contributed by atoms with Crippen molar-refractivity contribution < 1.29 is 18.7 Å². The van der Waals surface area contributed by atoms with E-state index in [0.29, 0.717) is 10.6 Å². The minimum Gasteiger partial charge on any atom is -0.457 e. The van der Waals surface area contributed by atoms with Crippen LogP contribution in [0.5, 0.6) is 0 Å². The summed E-state index contributed by atoms with van der Waals surface area (Å²) in [6.45, 7) is 1.28. The van der Waals surface area contributed by atoms with Gasteiger partial charge in [-0.15, -0.1) is 11.3 Å². The molecule has 5 nitrogen and oxygen atoms in total. The van der Waals surface area contributed by atoms with Gasteiger partial charge in [-0.3, -0.25) is 9.59 Å². The number of ketones is 1. The lowest BCUT2D eigenvalue weighted by atomic mass is 10.1. The van der Waals surface area contributed by atoms with Gasteiger partial charge in [-0.1, -0.05) is 12.1 Å². The molecule has 0 radical (unpaired) electrons. The first kappa shape index (κ1) is 16.8. The van der Waals surface area contributed by atoms with Crippen molar-refractivity contribution in [3.63, 3.8) is 0 Å². The summed E-state index contributed by atoms with van der Waals surface area (Å²) in [5.41, 5.74) is 1.31. The number of carbonyl (C=O) groups excluding carboxylic acids is 2. The SMILES string of the molecule is Cc1csc([C@H](C#N)C(=O)COC(=O)Cc2ccc(F)cc2)n1. The number of nitrogens with zero attached hydrogens (tertiary/aromatic N) is 2. The van der Waals surface area contributed by atoms with E-state index in [9.17, 15) is 14.0 Å². The van der Waals surface area contributed by atoms with Gasteiger partial charge in [0.2, 0.25) is 0 Å². The molecule has 0 aliphatic rings. The fraction of sp³-hybridized carbons (Fsp3) is 0.250. The van der Waals surface area contributed by atoms with E-state index in [1.165, 1.54) is 35.6 Å². The van der Waals surface area contributed by atoms with Crippen LogP contribution in [0.15, 0.2) is 29.6 Å². The number of halogens is 1. The third-order valence-electron chi connectivity index (χ3n) is 2.97. The Morgan fingerprint density at radius 3 is 2.65 bits per heavy atom. The van der Waals surface area contributed by atoms with E-state index in [4.69, 9.17) is 10.00 Å². The van der Waals surface area contributed by atoms with Crippen LogP contribution >= 0.6 is 11.3 Å². The molecule has 0 amide bonds. The highest BCUT2D eigenvalue weighted by molar-refractivity contribution is 7.09. The molecule has 0 N–H and O–H groups in total. The molecule has 0 fully saturated rings. The zero-order chi connectivity index (χ0) is 16.8. The zero-order valence-corrected chi connectivity index (χ0v) is 13.1. The number of hydrogen-bond acceptors (Lipinski definition) is 6. The second-order valence-electron chi connectivity index (χ2n) is 4.82. The molecule has 2 aromatic rings. The molecule has 0 unspecified atom stereocenters. The summed E-state index contributed by atoms with van der Waals surface area (Å²) in [4.78, 5) is 27.8. The van der Waals surface area contributed by atoms with E-state index in [1.54, 1.807) is 12.3 Å². The van der Waals surface area contributed by atoms with Crippen LogP contribution in [0.3, 0.4) is 0 Å². The summed E-state index contributed by atoms with van der Waals surface area (Å²) in [5.74, 6) is -2.56. The lowest BCUT2D eigenvalue weighted by Crippen LogP contribution is -2.20. The van der Waals surface area contributed by atoms with Crippen LogP contribution in [-0.2, 0) is 20.7 Å². The van der Waals surface area contributed by atoms with Crippen molar-refractivity contribution in [3.8, 4) is 6.07 Å². The number of ether oxygens (including phenoxy) is 1. The van der Waals surface area contributed by atoms with Gasteiger partial charge in [0.25, 0.3) is 0 Å². The Kier molecular flexibility index (Phi) is 5.55. The van der Waals surface area contributed by atoms with Gasteiger partial charge in [-0.2, -0.15) is 5.26 Å². The van der Waals surface area contributed by atoms with Crippen LogP contribution in [0.25, 0.3) is 0 Å². The average Bonchev–Trinajstić information content (AvgIpc) is 2.94. The second kappa shape index (κ2) is 7.61. The van der Waals surface area contributed by atoms with Gasteiger partial charge in [0.1, 0.15) is 10.8 Å². The first-order valence-electron chi connectivity index (χ1n) is 6.74. The molecular weight excluding hydrogens is 319 g/mol. The Bertz CT molecular complexity index is 749. The van der Waals surface area contributed by atoms with Gasteiger partial charge in [-0.05, 0) is 24.6 Å². The maximum absolute atomic E-state index is 12.8. The van der Waals surface area contributed by atoms with Crippen LogP contribution in [0.2, 0.25) is 0 Å². The summed E-state index contributed by atoms with van der Waals surface area (Å²) >= 11 is 1.22. The molecule has 0 aliphatic heterocycles. The number of benzene rings is 1. The topological polar surface area (TPSA) is 80.0 Å². The molecule has 118 valence electrons. The summed E-state index contributed by atoms with van der Waals surface area (Å²) in [6.07, 6.45) is -0.0683. The molecule has 23 heavy (non-hydrogen) atoms. The normalized spacial score (nSPS) is 11.5. The number of esters is 1. The summed E-state index contributed by atoms with van der Waals surface area (Å²) in [6, 6.07) is 7.29. The molecule has 1 aromatic heterocycles. The molecule has 0 saturated carbocycles. The molecule has 0 aliphatic carbocycles. The van der Waals surface area contributed by atoms with Crippen LogP contribution in [0, 0.1) is 24.1 Å². The van der Waals surface area contributed by atoms with E-state index in [0.717, 1.165) is 5.69 Å². The van der Waals surface area contributed by atoms with Crippen LogP contribution < -0.4 is 0 Å². The van der Waals surface area contributed by atoms with Crippen LogP contribution in [0.4, 0.5) is 4.39 Å². The third kappa shape index (κ3) is 4.69. The monoisotopic (exact) mass is 332 g/mol. The fourth-order valence-electron chi connectivity index (χ4n) is 1.82. The lowest BCUT2D eigenvalue weighted by molar-refractivity contribution is -0.147. The molecule has 1 atom stereocenters. The van der Waals surface area contributed by atoms with Gasteiger partial charge in [0.05, 0.1) is 12.5 Å². The first-order valence-corrected chi connectivity index (χ1v) is 7.62. The highest BCUT2D eigenvalue weighted by Crippen LogP contribution is 2.20. The maximum atomic E-state index is 12.8. The predicted molar refractivity (Wildman–Crippen MR) is 81.3 cm³/mol. The van der Waals surface area contributed by atoms with Crippen molar-refractivity contribution >= 4 is 23.1 Å². The van der Waals surface area contributed by atoms with Crippen molar-refractivity contribution in [1.82, 2.24) is 4.98 Å². The number of carbonyl (C=O) groups is 2. The summed E-state index contributed by atoms with van der Waals surface area (Å²) in [7, 11) is 0. The number of aromatic nitrogens is 1. The van der Waals surface area contributed by atoms with Crippen molar-refractivity contribution in [1.29, 1.82) is 5.26 Å². The Labute approximate surface area is 136 Å². The Morgan fingerprint density at radius 1 is 1.39 bits per heavy atom. The number of Topliss-reactive ketones (excluding diaryl/α,β-unsaturated/α-hetero) is 1. The number of thiazole rings is 1. The first-order chi connectivity index (χ1) is 11.0. The van der Waals surface area contributed by atoms with E-state index in [-0.39, 0.29) is 6.42 Å². The third-order valence-corrected chi connectivity index (χ3v) is 4.00. The van der Waals surface area contributed by atoms with Gasteiger partial charge in [-0.25, -0.2) is 9.37 Å². The van der Waals surface area contributed by atoms with Crippen molar-refractivity contribution in [3.05, 3.63) is 51.7 Å². The molecule has 0 bridgehead atoms. The van der Waals surface area contributed by atoms with Crippen molar-refractivity contribution in [2.75, 3.05) is 6.61 Å². The quantitative estimate of drug-likeness (QED) is 0.760. The van der Waals surface area contributed by atoms with Crippen LogP contribution in [-0.4, -0.2) is 23.3 Å². The number of nitriles is 1. The Balaban J connectivity index is 1.89. The molecule has 1 heterocycles. The number of rotatable bonds is 6. The van der Waals surface area contributed by atoms with Gasteiger partial charge >= 0.3 is 5.97 Å². The highest BCUT2D eigenvalue weighted by Gasteiger charge is 2.24. The largest absolute Gasteiger partial charge is 0.457 e. The maximum Gasteiger partial charge on any atom is 0.310 e. The highest BCUT2D eigenvalue weighted by atomic mass is 32.1. The van der Waals surface area contributed by atoms with E-state index >= 15 is 0 Å². The molecular formula is C16H13FN2O3S. The van der Waals surface area contributed by atoms with Gasteiger partial charge in [0, 0.05) is 11.1 Å². The smallest absolute Gasteiger partial charge is 0.310 e. The molecule has 7 heteroatoms. The zero-order valence-electron chi connectivity index (χ0n) is 12.3. The molecule has 0 spiro atoms. The lowest BCUT2D eigenvalue weighted by Gasteiger charge is -2.07. The number of hydrogen-bond donors (Lipinski definition) is 0. The standard InChI is InChI=1S/C16H13FN2O3S/c1-10-9-23-16(19-10)13(7-18)14(20)8-22-15(21)6-11-2-4-12(17)5-3-11/h2-5,9,13H,6,8H2,1H3/t13-/m1/s1. The number of aryl methyl sites for hydroxylation is 1. The minimum absolute atomic E-state index is 0.0683. The predicted octanol–water partition coefficient (Wildman–Crippen LogP) is 2.55. The Morgan fingerprint density at radius 2 is 2.09 bits per heavy atom. The molecule has 2 rings (SSSR count). The van der Waals surface area contributed by atoms with Crippen LogP contribution in [0.1, 0.15) is 22.2 Å². The Hall–Kier alpha value is -2.59. The van der Waals surface area contributed by atoms with E-state index < -0.39 is 30.1 Å². The average molecular weight is 332 g/mol. The van der Waals surface area contributed by atoms with Crippen molar-refractivity contribution in [2.45, 2.75) is 19.3 Å². The van der Waals surface area contributed by atoms with Gasteiger partial charge in [0.15, 0.2) is 18.3 Å². The molecule has 0 saturated heterocycles. The summed E-state index contributed by atoms with van der Waals surface area (Å²) < 4.78 is 17.7. The van der Waals surface area contributed by atoms with Gasteiger partial charge < -0.3 is 4.74 Å². The van der Waals surface area contributed by atoms with E-state index in [2.05, 4.69) is 4.98 Å². The van der Waals surface area contributed by atoms with E-state index in [1.807, 2.05) is 6.07 Å². The fourth-order valence-corrected chi connectivity index (χ4v) is 2.69. The van der Waals surface area contributed by atoms with Crippen molar-refractivity contribution in [2.24, 2.45) is 0 Å². The summed E-state index contributed by atoms with van der Waals surface area (Å²) in [5, 5.41) is 11.2. The molecule has 1 aromatic carbocycles. The second-order valence-corrected chi connectivity index (χ2v) is 5.71. The minimum atomic E-state index is -1.03.